The number of hydrogen-bond donors (Lipinski definition) is 2. The molecule has 0 saturated heterocycles. The summed E-state index contributed by atoms with van der Waals surface area (Å²) in [5.74, 6) is -0.510. The van der Waals surface area contributed by atoms with Crippen molar-refractivity contribution in [2.45, 2.75) is 32.5 Å². The van der Waals surface area contributed by atoms with Gasteiger partial charge in [0.25, 0.3) is 0 Å². The minimum absolute atomic E-state index is 0.0698. The Kier molecular flexibility index (Phi) is 6.23. The highest BCUT2D eigenvalue weighted by molar-refractivity contribution is 6.31. The van der Waals surface area contributed by atoms with Gasteiger partial charge in [-0.05, 0) is 63.2 Å². The average Bonchev–Trinajstić information content (AvgIpc) is 2.54. The first kappa shape index (κ1) is 21.6. The van der Waals surface area contributed by atoms with Crippen LogP contribution >= 0.6 is 11.6 Å². The number of hydrogen-bond acceptors (Lipinski definition) is 3. The summed E-state index contributed by atoms with van der Waals surface area (Å²) in [6.07, 6.45) is -4.64. The van der Waals surface area contributed by atoms with Crippen LogP contribution in [0.5, 0.6) is 0 Å². The predicted octanol–water partition coefficient (Wildman–Crippen LogP) is 5.96. The van der Waals surface area contributed by atoms with Gasteiger partial charge >= 0.3 is 18.2 Å². The quantitative estimate of drug-likeness (QED) is 0.609. The molecule has 0 aromatic heterocycles. The molecule has 5 nitrogen and oxygen atoms in total. The van der Waals surface area contributed by atoms with Crippen LogP contribution in [0.3, 0.4) is 0 Å². The molecule has 2 aromatic carbocycles. The molecule has 28 heavy (non-hydrogen) atoms. The lowest BCUT2D eigenvalue weighted by Crippen LogP contribution is -2.24. The molecule has 0 aliphatic heterocycles. The van der Waals surface area contributed by atoms with E-state index in [-0.39, 0.29) is 5.69 Å². The van der Waals surface area contributed by atoms with E-state index in [0.717, 1.165) is 12.1 Å². The monoisotopic (exact) mass is 414 g/mol. The predicted molar refractivity (Wildman–Crippen MR) is 101 cm³/mol. The van der Waals surface area contributed by atoms with E-state index in [9.17, 15) is 22.8 Å². The third kappa shape index (κ3) is 6.16. The molecule has 0 aliphatic rings. The summed E-state index contributed by atoms with van der Waals surface area (Å²) in [6, 6.07) is 8.18. The molecule has 2 N–H and O–H groups in total. The van der Waals surface area contributed by atoms with E-state index in [1.54, 1.807) is 20.8 Å². The van der Waals surface area contributed by atoms with E-state index in [1.807, 2.05) is 0 Å². The summed E-state index contributed by atoms with van der Waals surface area (Å²) in [5, 5.41) is 4.30. The van der Waals surface area contributed by atoms with E-state index in [2.05, 4.69) is 10.6 Å². The van der Waals surface area contributed by atoms with Crippen LogP contribution in [0.15, 0.2) is 42.5 Å². The summed E-state index contributed by atoms with van der Waals surface area (Å²) < 4.78 is 43.8. The Balaban J connectivity index is 2.03. The molecule has 0 bridgehead atoms. The summed E-state index contributed by atoms with van der Waals surface area (Å²) in [5.41, 5.74) is -1.11. The Morgan fingerprint density at radius 1 is 0.929 bits per heavy atom. The van der Waals surface area contributed by atoms with Crippen molar-refractivity contribution in [1.29, 1.82) is 0 Å². The number of urea groups is 1. The number of carbonyl (C=O) groups excluding carboxylic acids is 2. The number of anilines is 2. The maximum atomic E-state index is 12.9. The Hall–Kier alpha value is -2.74. The second-order valence-electron chi connectivity index (χ2n) is 6.85. The molecular weight excluding hydrogens is 397 g/mol. The van der Waals surface area contributed by atoms with Crippen LogP contribution in [-0.4, -0.2) is 17.6 Å². The lowest BCUT2D eigenvalue weighted by Gasteiger charge is -2.19. The number of halogens is 4. The maximum Gasteiger partial charge on any atom is 0.417 e. The minimum Gasteiger partial charge on any atom is -0.456 e. The lowest BCUT2D eigenvalue weighted by atomic mass is 10.1. The third-order valence-corrected chi connectivity index (χ3v) is 3.64. The van der Waals surface area contributed by atoms with Gasteiger partial charge in [0.15, 0.2) is 0 Å². The van der Waals surface area contributed by atoms with E-state index in [1.165, 1.54) is 30.3 Å². The van der Waals surface area contributed by atoms with Crippen LogP contribution < -0.4 is 10.6 Å². The summed E-state index contributed by atoms with van der Waals surface area (Å²) in [6.45, 7) is 5.23. The van der Waals surface area contributed by atoms with E-state index >= 15 is 0 Å². The molecule has 0 atom stereocenters. The average molecular weight is 415 g/mol. The zero-order chi connectivity index (χ0) is 21.1. The standard InChI is InChI=1S/C19H18ClF3N2O3/c1-18(2,3)28-16(26)11-4-6-12(7-5-11)24-17(27)25-13-8-9-15(20)14(10-13)19(21,22)23/h4-10H,1-3H3,(H2,24,25,27). The first-order chi connectivity index (χ1) is 12.8. The summed E-state index contributed by atoms with van der Waals surface area (Å²) in [7, 11) is 0. The minimum atomic E-state index is -4.64. The van der Waals surface area contributed by atoms with Gasteiger partial charge in [0, 0.05) is 11.4 Å². The van der Waals surface area contributed by atoms with Crippen LogP contribution in [-0.2, 0) is 10.9 Å². The van der Waals surface area contributed by atoms with Gasteiger partial charge in [-0.1, -0.05) is 11.6 Å². The molecule has 2 amide bonds. The van der Waals surface area contributed by atoms with E-state index < -0.39 is 34.4 Å². The highest BCUT2D eigenvalue weighted by Crippen LogP contribution is 2.36. The fraction of sp³-hybridized carbons (Fsp3) is 0.263. The van der Waals surface area contributed by atoms with Gasteiger partial charge < -0.3 is 15.4 Å². The fourth-order valence-electron chi connectivity index (χ4n) is 2.14. The molecule has 0 saturated carbocycles. The molecule has 2 rings (SSSR count). The number of nitrogens with one attached hydrogen (secondary N) is 2. The van der Waals surface area contributed by atoms with Crippen molar-refractivity contribution < 1.29 is 27.5 Å². The van der Waals surface area contributed by atoms with Gasteiger partial charge in [-0.2, -0.15) is 13.2 Å². The van der Waals surface area contributed by atoms with Crippen molar-refractivity contribution in [2.75, 3.05) is 10.6 Å². The highest BCUT2D eigenvalue weighted by Gasteiger charge is 2.33. The normalized spacial score (nSPS) is 11.7. The van der Waals surface area contributed by atoms with Crippen molar-refractivity contribution in [3.05, 3.63) is 58.6 Å². The summed E-state index contributed by atoms with van der Waals surface area (Å²) in [4.78, 5) is 24.0. The maximum absolute atomic E-state index is 12.9. The van der Waals surface area contributed by atoms with Crippen LogP contribution in [0.2, 0.25) is 5.02 Å². The van der Waals surface area contributed by atoms with E-state index in [0.29, 0.717) is 11.3 Å². The van der Waals surface area contributed by atoms with Crippen LogP contribution in [0, 0.1) is 0 Å². The Morgan fingerprint density at radius 3 is 2.00 bits per heavy atom. The third-order valence-electron chi connectivity index (χ3n) is 3.31. The number of benzene rings is 2. The molecule has 0 heterocycles. The largest absolute Gasteiger partial charge is 0.456 e. The molecule has 9 heteroatoms. The number of ether oxygens (including phenoxy) is 1. The van der Waals surface area contributed by atoms with Crippen LogP contribution in [0.4, 0.5) is 29.3 Å². The van der Waals surface area contributed by atoms with Crippen molar-refractivity contribution in [3.63, 3.8) is 0 Å². The molecule has 0 aliphatic carbocycles. The van der Waals surface area contributed by atoms with Gasteiger partial charge in [-0.3, -0.25) is 0 Å². The molecule has 0 unspecified atom stereocenters. The van der Waals surface area contributed by atoms with E-state index in [4.69, 9.17) is 16.3 Å². The van der Waals surface area contributed by atoms with Crippen molar-refractivity contribution in [3.8, 4) is 0 Å². The number of amides is 2. The Morgan fingerprint density at radius 2 is 1.46 bits per heavy atom. The molecule has 0 fully saturated rings. The number of esters is 1. The van der Waals surface area contributed by atoms with Crippen molar-refractivity contribution >= 4 is 35.0 Å². The van der Waals surface area contributed by atoms with Gasteiger partial charge in [0.1, 0.15) is 5.60 Å². The molecule has 0 radical (unpaired) electrons. The lowest BCUT2D eigenvalue weighted by molar-refractivity contribution is -0.137. The number of rotatable bonds is 3. The van der Waals surface area contributed by atoms with Crippen LogP contribution in [0.1, 0.15) is 36.7 Å². The summed E-state index contributed by atoms with van der Waals surface area (Å²) >= 11 is 5.54. The topological polar surface area (TPSA) is 67.4 Å². The van der Waals surface area contributed by atoms with Crippen LogP contribution in [0.25, 0.3) is 0 Å². The van der Waals surface area contributed by atoms with Gasteiger partial charge in [0.05, 0.1) is 16.1 Å². The highest BCUT2D eigenvalue weighted by atomic mass is 35.5. The van der Waals surface area contributed by atoms with Gasteiger partial charge in [-0.15, -0.1) is 0 Å². The molecule has 0 spiro atoms. The molecule has 150 valence electrons. The Bertz CT molecular complexity index is 875. The number of alkyl halides is 3. The fourth-order valence-corrected chi connectivity index (χ4v) is 2.37. The zero-order valence-corrected chi connectivity index (χ0v) is 16.0. The van der Waals surface area contributed by atoms with Crippen molar-refractivity contribution in [1.82, 2.24) is 0 Å². The van der Waals surface area contributed by atoms with Crippen molar-refractivity contribution in [2.24, 2.45) is 0 Å². The smallest absolute Gasteiger partial charge is 0.417 e. The zero-order valence-electron chi connectivity index (χ0n) is 15.3. The second kappa shape index (κ2) is 8.10. The molecular formula is C19H18ClF3N2O3. The van der Waals surface area contributed by atoms with Gasteiger partial charge in [0.2, 0.25) is 0 Å². The second-order valence-corrected chi connectivity index (χ2v) is 7.26. The number of carbonyl (C=O) groups is 2. The molecule has 2 aromatic rings. The first-order valence-corrected chi connectivity index (χ1v) is 8.51. The van der Waals surface area contributed by atoms with Gasteiger partial charge in [-0.25, -0.2) is 9.59 Å². The SMILES string of the molecule is CC(C)(C)OC(=O)c1ccc(NC(=O)Nc2ccc(Cl)c(C(F)(F)F)c2)cc1. The Labute approximate surface area is 164 Å². The first-order valence-electron chi connectivity index (χ1n) is 8.13.